The number of aliphatic carboxylic acids is 3. The van der Waals surface area contributed by atoms with Gasteiger partial charge in [0.05, 0.1) is 17.8 Å². The van der Waals surface area contributed by atoms with Crippen LogP contribution in [-0.2, 0) is 14.4 Å². The summed E-state index contributed by atoms with van der Waals surface area (Å²) in [5.74, 6) is -5.30. The van der Waals surface area contributed by atoms with Crippen molar-refractivity contribution >= 4 is 17.9 Å². The monoisotopic (exact) mass is 372 g/mol. The van der Waals surface area contributed by atoms with Crippen LogP contribution in [0.25, 0.3) is 0 Å². The zero-order chi connectivity index (χ0) is 20.0. The number of hydrogen-bond acceptors (Lipinski definition) is 3. The minimum atomic E-state index is -1.55. The molecule has 0 saturated carbocycles. The van der Waals surface area contributed by atoms with E-state index in [0.717, 1.165) is 19.3 Å². The molecule has 6 heteroatoms. The fourth-order valence-corrected chi connectivity index (χ4v) is 3.35. The van der Waals surface area contributed by atoms with E-state index in [9.17, 15) is 24.6 Å². The first kappa shape index (κ1) is 24.4. The Labute approximate surface area is 157 Å². The topological polar surface area (TPSA) is 112 Å². The molecule has 2 atom stereocenters. The lowest BCUT2D eigenvalue weighted by Gasteiger charge is -2.30. The van der Waals surface area contributed by atoms with Crippen molar-refractivity contribution in [3.63, 3.8) is 0 Å². The molecule has 0 spiro atoms. The van der Waals surface area contributed by atoms with E-state index in [2.05, 4.69) is 6.92 Å². The minimum Gasteiger partial charge on any atom is -0.481 e. The Morgan fingerprint density at radius 2 is 1.19 bits per heavy atom. The van der Waals surface area contributed by atoms with Gasteiger partial charge in [-0.25, -0.2) is 0 Å². The van der Waals surface area contributed by atoms with Crippen LogP contribution < -0.4 is 0 Å². The molecule has 0 heterocycles. The average molecular weight is 373 g/mol. The molecule has 26 heavy (non-hydrogen) atoms. The lowest BCUT2D eigenvalue weighted by Crippen LogP contribution is -2.41. The van der Waals surface area contributed by atoms with Crippen LogP contribution in [0, 0.1) is 11.3 Å². The molecule has 0 fully saturated rings. The van der Waals surface area contributed by atoms with Gasteiger partial charge >= 0.3 is 17.9 Å². The molecule has 6 nitrogen and oxygen atoms in total. The molecule has 0 unspecified atom stereocenters. The summed E-state index contributed by atoms with van der Waals surface area (Å²) in [5, 5.41) is 27.6. The van der Waals surface area contributed by atoms with Crippen molar-refractivity contribution in [1.82, 2.24) is 0 Å². The second-order valence-electron chi connectivity index (χ2n) is 7.50. The highest BCUT2D eigenvalue weighted by Crippen LogP contribution is 2.36. The van der Waals surface area contributed by atoms with E-state index >= 15 is 0 Å². The van der Waals surface area contributed by atoms with Gasteiger partial charge in [-0.05, 0) is 13.3 Å². The Kier molecular flexibility index (Phi) is 12.8. The van der Waals surface area contributed by atoms with Gasteiger partial charge < -0.3 is 15.3 Å². The van der Waals surface area contributed by atoms with Crippen LogP contribution in [-0.4, -0.2) is 33.2 Å². The zero-order valence-corrected chi connectivity index (χ0v) is 16.3. The highest BCUT2D eigenvalue weighted by Gasteiger charge is 2.46. The van der Waals surface area contributed by atoms with Crippen LogP contribution in [0.15, 0.2) is 0 Å². The molecule has 152 valence electrons. The number of carbonyl (C=O) groups is 3. The molecule has 3 N–H and O–H groups in total. The van der Waals surface area contributed by atoms with Gasteiger partial charge in [0.15, 0.2) is 0 Å². The van der Waals surface area contributed by atoms with Crippen molar-refractivity contribution in [2.24, 2.45) is 11.3 Å². The highest BCUT2D eigenvalue weighted by atomic mass is 16.4. The van der Waals surface area contributed by atoms with Gasteiger partial charge in [-0.1, -0.05) is 77.6 Å². The average Bonchev–Trinajstić information content (AvgIpc) is 2.56. The first-order valence-electron chi connectivity index (χ1n) is 9.93. The standard InChI is InChI=1S/C20H36O6/c1-3-4-5-6-7-8-9-10-11-12-13-14-20(2,19(25)26)16(18(23)24)15-17(21)22/h16H,3-15H2,1-2H3,(H,21,22)(H,23,24)(H,25,26)/t16-,20+/m1/s1. The second-order valence-corrected chi connectivity index (χ2v) is 7.50. The zero-order valence-electron chi connectivity index (χ0n) is 16.3. The van der Waals surface area contributed by atoms with Crippen molar-refractivity contribution < 1.29 is 29.7 Å². The normalized spacial score (nSPS) is 14.5. The van der Waals surface area contributed by atoms with Crippen LogP contribution in [0.2, 0.25) is 0 Å². The molecular formula is C20H36O6. The fourth-order valence-electron chi connectivity index (χ4n) is 3.35. The van der Waals surface area contributed by atoms with Crippen LogP contribution in [0.1, 0.15) is 97.3 Å². The molecule has 0 aliphatic carbocycles. The number of carboxylic acid groups (broad SMARTS) is 3. The molecule has 0 aliphatic heterocycles. The number of carboxylic acids is 3. The van der Waals surface area contributed by atoms with E-state index in [1.54, 1.807) is 0 Å². The van der Waals surface area contributed by atoms with Crippen molar-refractivity contribution in [3.8, 4) is 0 Å². The maximum Gasteiger partial charge on any atom is 0.310 e. The summed E-state index contributed by atoms with van der Waals surface area (Å²) in [5.41, 5.74) is -1.55. The Morgan fingerprint density at radius 3 is 1.54 bits per heavy atom. The van der Waals surface area contributed by atoms with Gasteiger partial charge in [0.1, 0.15) is 0 Å². The van der Waals surface area contributed by atoms with E-state index in [-0.39, 0.29) is 6.42 Å². The molecule has 0 saturated heterocycles. The largest absolute Gasteiger partial charge is 0.481 e. The maximum absolute atomic E-state index is 11.6. The quantitative estimate of drug-likeness (QED) is 0.311. The van der Waals surface area contributed by atoms with Crippen molar-refractivity contribution in [2.75, 3.05) is 0 Å². The van der Waals surface area contributed by atoms with Crippen LogP contribution in [0.4, 0.5) is 0 Å². The molecule has 0 radical (unpaired) electrons. The van der Waals surface area contributed by atoms with Crippen LogP contribution in [0.5, 0.6) is 0 Å². The molecule has 0 rings (SSSR count). The summed E-state index contributed by atoms with van der Waals surface area (Å²) in [4.78, 5) is 33.9. The third kappa shape index (κ3) is 9.78. The lowest BCUT2D eigenvalue weighted by atomic mass is 9.71. The van der Waals surface area contributed by atoms with Crippen LogP contribution >= 0.6 is 0 Å². The first-order chi connectivity index (χ1) is 12.3. The molecule has 0 aliphatic rings. The van der Waals surface area contributed by atoms with E-state index in [0.29, 0.717) is 6.42 Å². The van der Waals surface area contributed by atoms with Gasteiger partial charge in [-0.3, -0.25) is 14.4 Å². The predicted molar refractivity (Wildman–Crippen MR) is 100 cm³/mol. The van der Waals surface area contributed by atoms with E-state index in [4.69, 9.17) is 5.11 Å². The van der Waals surface area contributed by atoms with E-state index < -0.39 is 35.7 Å². The fraction of sp³-hybridized carbons (Fsp3) is 0.850. The molecule has 0 bridgehead atoms. The molecular weight excluding hydrogens is 336 g/mol. The van der Waals surface area contributed by atoms with Crippen molar-refractivity contribution in [3.05, 3.63) is 0 Å². The summed E-state index contributed by atoms with van der Waals surface area (Å²) in [6.45, 7) is 3.56. The van der Waals surface area contributed by atoms with Gasteiger partial charge in [0.25, 0.3) is 0 Å². The number of hydrogen-bond donors (Lipinski definition) is 3. The summed E-state index contributed by atoms with van der Waals surface area (Å²) in [6, 6.07) is 0. The molecule has 0 aromatic rings. The third-order valence-corrected chi connectivity index (χ3v) is 5.23. The summed E-state index contributed by atoms with van der Waals surface area (Å²) in [7, 11) is 0. The SMILES string of the molecule is CCCCCCCCCCCCC[C@](C)(C(=O)O)[C@H](CC(=O)O)C(=O)O. The molecule has 0 amide bonds. The highest BCUT2D eigenvalue weighted by molar-refractivity contribution is 5.86. The van der Waals surface area contributed by atoms with Crippen molar-refractivity contribution in [1.29, 1.82) is 0 Å². The summed E-state index contributed by atoms with van der Waals surface area (Å²) in [6.07, 6.45) is 11.9. The molecule has 0 aromatic heterocycles. The minimum absolute atomic E-state index is 0.184. The third-order valence-electron chi connectivity index (χ3n) is 5.23. The summed E-state index contributed by atoms with van der Waals surface area (Å²) < 4.78 is 0. The number of unbranched alkanes of at least 4 members (excludes halogenated alkanes) is 10. The summed E-state index contributed by atoms with van der Waals surface area (Å²) >= 11 is 0. The smallest absolute Gasteiger partial charge is 0.310 e. The van der Waals surface area contributed by atoms with Crippen LogP contribution in [0.3, 0.4) is 0 Å². The maximum atomic E-state index is 11.6. The van der Waals surface area contributed by atoms with E-state index in [1.165, 1.54) is 51.9 Å². The first-order valence-corrected chi connectivity index (χ1v) is 9.93. The molecule has 0 aromatic carbocycles. The van der Waals surface area contributed by atoms with Gasteiger partial charge in [0, 0.05) is 0 Å². The second kappa shape index (κ2) is 13.6. The number of rotatable bonds is 17. The Balaban J connectivity index is 4.15. The van der Waals surface area contributed by atoms with E-state index in [1.807, 2.05) is 0 Å². The Morgan fingerprint density at radius 1 is 0.769 bits per heavy atom. The van der Waals surface area contributed by atoms with Gasteiger partial charge in [0.2, 0.25) is 0 Å². The Hall–Kier alpha value is -1.59. The van der Waals surface area contributed by atoms with Gasteiger partial charge in [-0.2, -0.15) is 0 Å². The predicted octanol–water partition coefficient (Wildman–Crippen LogP) is 4.95. The Bertz CT molecular complexity index is 434. The lowest BCUT2D eigenvalue weighted by molar-refractivity contribution is -0.165. The van der Waals surface area contributed by atoms with Crippen molar-refractivity contribution in [2.45, 2.75) is 97.3 Å². The van der Waals surface area contributed by atoms with Gasteiger partial charge in [-0.15, -0.1) is 0 Å².